The van der Waals surface area contributed by atoms with Crippen molar-refractivity contribution in [1.29, 1.82) is 0 Å². The Morgan fingerprint density at radius 2 is 2.00 bits per heavy atom. The monoisotopic (exact) mass is 270 g/mol. The predicted molar refractivity (Wildman–Crippen MR) is 45.6 cm³/mol. The Hall–Kier alpha value is 0.316. The summed E-state index contributed by atoms with van der Waals surface area (Å²) in [4.78, 5) is 0. The summed E-state index contributed by atoms with van der Waals surface area (Å²) in [6.07, 6.45) is -0.539. The molecule has 0 aromatic heterocycles. The van der Waals surface area contributed by atoms with Crippen molar-refractivity contribution in [2.75, 3.05) is 13.2 Å². The first-order chi connectivity index (χ1) is 5.88. The number of hydrogen-bond donors (Lipinski definition) is 0. The van der Waals surface area contributed by atoms with Gasteiger partial charge >= 0.3 is 23.1 Å². The number of ether oxygens (including phenoxy) is 2. The van der Waals surface area contributed by atoms with Crippen molar-refractivity contribution in [2.45, 2.75) is 6.29 Å². The third-order valence-corrected chi connectivity index (χ3v) is 1.72. The first kappa shape index (κ1) is 14.3. The second-order valence-electron chi connectivity index (χ2n) is 2.52. The van der Waals surface area contributed by atoms with Gasteiger partial charge in [-0.2, -0.15) is 18.2 Å². The van der Waals surface area contributed by atoms with E-state index < -0.39 is 6.29 Å². The zero-order chi connectivity index (χ0) is 8.39. The average molecular weight is 271 g/mol. The molecule has 1 saturated heterocycles. The fourth-order valence-electron chi connectivity index (χ4n) is 1.14. The average Bonchev–Trinajstić information content (AvgIpc) is 2.57. The van der Waals surface area contributed by atoms with Crippen molar-refractivity contribution in [1.82, 2.24) is 0 Å². The summed E-state index contributed by atoms with van der Waals surface area (Å²) in [7, 11) is 0. The molecule has 1 aromatic carbocycles. The third kappa shape index (κ3) is 3.17. The zero-order valence-corrected chi connectivity index (χ0v) is 10.5. The molecule has 0 aliphatic carbocycles. The molecule has 14 heavy (non-hydrogen) atoms. The summed E-state index contributed by atoms with van der Waals surface area (Å²) in [5, 5.41) is 0. The summed E-state index contributed by atoms with van der Waals surface area (Å²) in [6.45, 7) is 1.05. The van der Waals surface area contributed by atoms with Crippen molar-refractivity contribution in [3.63, 3.8) is 0 Å². The maximum absolute atomic E-state index is 13.1. The van der Waals surface area contributed by atoms with Crippen LogP contribution in [0.15, 0.2) is 18.2 Å². The van der Waals surface area contributed by atoms with E-state index in [2.05, 4.69) is 6.07 Å². The van der Waals surface area contributed by atoms with Crippen LogP contribution in [-0.2, 0) is 9.47 Å². The van der Waals surface area contributed by atoms with Gasteiger partial charge in [-0.1, -0.05) is 5.56 Å². The van der Waals surface area contributed by atoms with Gasteiger partial charge in [0.05, 0.1) is 13.2 Å². The van der Waals surface area contributed by atoms with Crippen molar-refractivity contribution in [2.24, 2.45) is 0 Å². The van der Waals surface area contributed by atoms with Gasteiger partial charge in [-0.15, -0.1) is 6.07 Å². The molecule has 5 heteroatoms. The largest absolute Gasteiger partial charge is 2.00 e. The minimum absolute atomic E-state index is 0. The molecule has 2 rings (SSSR count). The van der Waals surface area contributed by atoms with Crippen LogP contribution in [0.2, 0.25) is 0 Å². The van der Waals surface area contributed by atoms with E-state index in [-0.39, 0.29) is 45.9 Å². The summed E-state index contributed by atoms with van der Waals surface area (Å²) < 4.78 is 23.3. The minimum atomic E-state index is -0.539. The zero-order valence-electron chi connectivity index (χ0n) is 7.50. The van der Waals surface area contributed by atoms with E-state index in [0.717, 1.165) is 0 Å². The fourth-order valence-corrected chi connectivity index (χ4v) is 1.14. The van der Waals surface area contributed by atoms with Gasteiger partial charge in [0.25, 0.3) is 0 Å². The van der Waals surface area contributed by atoms with Gasteiger partial charge in [0, 0.05) is 5.82 Å². The van der Waals surface area contributed by atoms with Crippen LogP contribution in [0, 0.1) is 11.9 Å². The molecule has 0 bridgehead atoms. The molecule has 1 fully saturated rings. The summed E-state index contributed by atoms with van der Waals surface area (Å²) in [5.41, 5.74) is 0.426. The number of benzene rings is 1. The van der Waals surface area contributed by atoms with Gasteiger partial charge in [0.15, 0.2) is 0 Å². The molecule has 0 saturated carbocycles. The molecule has 0 radical (unpaired) electrons. The van der Waals surface area contributed by atoms with E-state index in [0.29, 0.717) is 18.8 Å². The van der Waals surface area contributed by atoms with Crippen LogP contribution in [0.25, 0.3) is 0 Å². The van der Waals surface area contributed by atoms with Crippen LogP contribution >= 0.6 is 0 Å². The molecule has 72 valence electrons. The van der Waals surface area contributed by atoms with Crippen LogP contribution in [0.5, 0.6) is 0 Å². The van der Waals surface area contributed by atoms with Gasteiger partial charge in [-0.05, 0) is 0 Å². The summed E-state index contributed by atoms with van der Waals surface area (Å²) >= 11 is 0. The Balaban J connectivity index is 0.000000845. The van der Waals surface area contributed by atoms with Crippen LogP contribution in [0.3, 0.4) is 0 Å². The SMILES string of the molecule is Fc1cc[c-]cc1C1OCCO1.[Br-].[Mg+2]. The maximum Gasteiger partial charge on any atom is 2.00 e. The summed E-state index contributed by atoms with van der Waals surface area (Å²) in [5.74, 6) is -0.305. The molecule has 0 N–H and O–H groups in total. The molecule has 1 aliphatic heterocycles. The fraction of sp³-hybridized carbons (Fsp3) is 0.333. The van der Waals surface area contributed by atoms with Gasteiger partial charge in [-0.25, -0.2) is 4.39 Å². The molecule has 0 amide bonds. The van der Waals surface area contributed by atoms with E-state index in [1.807, 2.05) is 0 Å². The minimum Gasteiger partial charge on any atom is -1.00 e. The van der Waals surface area contributed by atoms with Gasteiger partial charge < -0.3 is 26.5 Å². The van der Waals surface area contributed by atoms with E-state index in [9.17, 15) is 4.39 Å². The van der Waals surface area contributed by atoms with Gasteiger partial charge in [-0.3, -0.25) is 0 Å². The normalized spacial score (nSPS) is 15.8. The molecule has 0 spiro atoms. The molecular weight excluding hydrogens is 263 g/mol. The van der Waals surface area contributed by atoms with Crippen LogP contribution in [0.1, 0.15) is 11.9 Å². The Morgan fingerprint density at radius 3 is 2.57 bits per heavy atom. The Kier molecular flexibility index (Phi) is 6.89. The van der Waals surface area contributed by atoms with Gasteiger partial charge in [0.2, 0.25) is 0 Å². The first-order valence-electron chi connectivity index (χ1n) is 3.76. The Bertz CT molecular complexity index is 279. The van der Waals surface area contributed by atoms with E-state index in [4.69, 9.17) is 9.47 Å². The molecule has 0 unspecified atom stereocenters. The van der Waals surface area contributed by atoms with Gasteiger partial charge in [0.1, 0.15) is 6.29 Å². The van der Waals surface area contributed by atoms with Crippen molar-refractivity contribution < 1.29 is 30.8 Å². The Labute approximate surface area is 109 Å². The van der Waals surface area contributed by atoms with Crippen molar-refractivity contribution >= 4 is 23.1 Å². The summed E-state index contributed by atoms with van der Waals surface area (Å²) in [6, 6.07) is 7.19. The second kappa shape index (κ2) is 6.74. The van der Waals surface area contributed by atoms with Crippen molar-refractivity contribution in [3.05, 3.63) is 35.6 Å². The van der Waals surface area contributed by atoms with Crippen LogP contribution in [0.4, 0.5) is 4.39 Å². The van der Waals surface area contributed by atoms with E-state index in [1.54, 1.807) is 6.07 Å². The second-order valence-corrected chi connectivity index (χ2v) is 2.52. The standard InChI is InChI=1S/C9H8FO2.BrH.Mg/c10-8-4-2-1-3-7(8)9-11-5-6-12-9;;/h2-4,9H,5-6H2;1H;/q-1;;+2/p-1. The molecular formula is C9H8BrFMgO2. The third-order valence-electron chi connectivity index (χ3n) is 1.72. The number of hydrogen-bond acceptors (Lipinski definition) is 2. The first-order valence-corrected chi connectivity index (χ1v) is 3.76. The Morgan fingerprint density at radius 1 is 1.36 bits per heavy atom. The van der Waals surface area contributed by atoms with E-state index >= 15 is 0 Å². The topological polar surface area (TPSA) is 18.5 Å². The molecule has 1 aliphatic rings. The van der Waals surface area contributed by atoms with Crippen molar-refractivity contribution in [3.8, 4) is 0 Å². The molecule has 2 nitrogen and oxygen atoms in total. The number of halogens is 2. The quantitative estimate of drug-likeness (QED) is 0.448. The molecule has 0 atom stereocenters. The van der Waals surface area contributed by atoms with E-state index in [1.165, 1.54) is 12.1 Å². The van der Waals surface area contributed by atoms with Crippen LogP contribution in [-0.4, -0.2) is 36.3 Å². The molecule has 1 aromatic rings. The smallest absolute Gasteiger partial charge is 1.00 e. The number of rotatable bonds is 1. The maximum atomic E-state index is 13.1. The molecule has 1 heterocycles. The predicted octanol–water partition coefficient (Wildman–Crippen LogP) is -1.71. The van der Waals surface area contributed by atoms with Crippen LogP contribution < -0.4 is 17.0 Å².